The minimum Gasteiger partial charge on any atom is -0.353 e. The maximum atomic E-state index is 13.7. The van der Waals surface area contributed by atoms with Crippen molar-refractivity contribution in [2.45, 2.75) is 89.6 Å². The second kappa shape index (κ2) is 10.1. The number of nitrogens with one attached hydrogen (secondary N) is 1. The molecule has 4 aliphatic rings. The Morgan fingerprint density at radius 2 is 1.48 bits per heavy atom. The molecule has 1 saturated heterocycles. The molecule has 1 aromatic carbocycles. The molecule has 0 spiro atoms. The molecule has 170 valence electrons. The fourth-order valence-electron chi connectivity index (χ4n) is 7.59. The molecule has 1 aromatic rings. The monoisotopic (exact) mass is 422 g/mol. The van der Waals surface area contributed by atoms with E-state index in [1.54, 1.807) is 0 Å². The van der Waals surface area contributed by atoms with E-state index < -0.39 is 0 Å². The molecule has 1 amide bonds. The smallest absolute Gasteiger partial charge is 0.223 e. The highest BCUT2D eigenvalue weighted by Crippen LogP contribution is 2.42. The van der Waals surface area contributed by atoms with Crippen molar-refractivity contribution in [3.05, 3.63) is 35.9 Å². The van der Waals surface area contributed by atoms with E-state index in [-0.39, 0.29) is 0 Å². The Kier molecular flexibility index (Phi) is 6.98. The van der Waals surface area contributed by atoms with E-state index >= 15 is 0 Å². The Bertz CT molecular complexity index is 689. The minimum atomic E-state index is 0.293. The molecule has 5 rings (SSSR count). The van der Waals surface area contributed by atoms with Crippen LogP contribution in [-0.2, 0) is 11.3 Å². The van der Waals surface area contributed by atoms with Gasteiger partial charge in [0.25, 0.3) is 0 Å². The zero-order valence-electron chi connectivity index (χ0n) is 19.3. The van der Waals surface area contributed by atoms with Crippen molar-refractivity contribution in [2.24, 2.45) is 29.6 Å². The molecule has 3 atom stereocenters. The third-order valence-electron chi connectivity index (χ3n) is 9.13. The fraction of sp³-hybridized carbons (Fsp3) is 0.750. The summed E-state index contributed by atoms with van der Waals surface area (Å²) in [6.45, 7) is 3.42. The van der Waals surface area contributed by atoms with Crippen LogP contribution in [0.1, 0.15) is 82.6 Å². The third kappa shape index (κ3) is 5.02. The second-order valence-electron chi connectivity index (χ2n) is 11.1. The van der Waals surface area contributed by atoms with Gasteiger partial charge in [-0.2, -0.15) is 0 Å². The highest BCUT2D eigenvalue weighted by Gasteiger charge is 2.44. The standard InChI is InChI=1S/C28H42N2O/c31-28(27(22-12-6-2-7-13-22)23-14-8-3-9-15-23)29-26-17-16-24-19-30(20-25(24)26)18-21-10-4-1-5-11-21/h1,4-5,10-11,22-27H,2-3,6-9,12-20H2,(H,29,31)/t24-,25+,26-/m0/s1. The van der Waals surface area contributed by atoms with Crippen molar-refractivity contribution in [3.63, 3.8) is 0 Å². The number of fused-ring (bicyclic) bond motifs is 1. The summed E-state index contributed by atoms with van der Waals surface area (Å²) in [5.74, 6) is 3.45. The molecular formula is C28H42N2O. The second-order valence-corrected chi connectivity index (χ2v) is 11.1. The largest absolute Gasteiger partial charge is 0.353 e. The van der Waals surface area contributed by atoms with Crippen LogP contribution < -0.4 is 5.32 Å². The lowest BCUT2D eigenvalue weighted by molar-refractivity contribution is -0.131. The van der Waals surface area contributed by atoms with E-state index in [9.17, 15) is 4.79 Å². The van der Waals surface area contributed by atoms with E-state index in [1.165, 1.54) is 89.2 Å². The zero-order valence-corrected chi connectivity index (χ0v) is 19.3. The Balaban J connectivity index is 1.22. The van der Waals surface area contributed by atoms with Gasteiger partial charge in [0, 0.05) is 31.6 Å². The summed E-state index contributed by atoms with van der Waals surface area (Å²) in [6.07, 6.45) is 15.7. The molecule has 1 aliphatic heterocycles. The topological polar surface area (TPSA) is 32.3 Å². The van der Waals surface area contributed by atoms with E-state index in [2.05, 4.69) is 40.5 Å². The predicted octanol–water partition coefficient (Wildman–Crippen LogP) is 5.79. The average Bonchev–Trinajstić information content (AvgIpc) is 3.37. The quantitative estimate of drug-likeness (QED) is 0.629. The number of carbonyl (C=O) groups is 1. The van der Waals surface area contributed by atoms with Gasteiger partial charge < -0.3 is 5.32 Å². The van der Waals surface area contributed by atoms with Crippen LogP contribution in [0, 0.1) is 29.6 Å². The van der Waals surface area contributed by atoms with E-state index in [4.69, 9.17) is 0 Å². The molecule has 3 heteroatoms. The predicted molar refractivity (Wildman–Crippen MR) is 127 cm³/mol. The van der Waals surface area contributed by atoms with Gasteiger partial charge in [0.05, 0.1) is 0 Å². The summed E-state index contributed by atoms with van der Waals surface area (Å²) < 4.78 is 0. The van der Waals surface area contributed by atoms with E-state index in [1.807, 2.05) is 0 Å². The van der Waals surface area contributed by atoms with Gasteiger partial charge in [0.1, 0.15) is 0 Å². The van der Waals surface area contributed by atoms with Crippen molar-refractivity contribution >= 4 is 5.91 Å². The van der Waals surface area contributed by atoms with Crippen molar-refractivity contribution in [2.75, 3.05) is 13.1 Å². The number of hydrogen-bond acceptors (Lipinski definition) is 2. The van der Waals surface area contributed by atoms with Gasteiger partial charge in [-0.15, -0.1) is 0 Å². The first-order valence-electron chi connectivity index (χ1n) is 13.3. The van der Waals surface area contributed by atoms with Crippen molar-refractivity contribution in [1.82, 2.24) is 10.2 Å². The van der Waals surface area contributed by atoms with Crippen molar-refractivity contribution in [3.8, 4) is 0 Å². The van der Waals surface area contributed by atoms with Crippen LogP contribution in [0.5, 0.6) is 0 Å². The van der Waals surface area contributed by atoms with Crippen LogP contribution in [-0.4, -0.2) is 29.9 Å². The SMILES string of the molecule is O=C(N[C@H]1CC[C@H]2CN(Cc3ccccc3)C[C@H]21)C(C1CCCCC1)C1CCCCC1. The summed E-state index contributed by atoms with van der Waals surface area (Å²) >= 11 is 0. The number of hydrogen-bond donors (Lipinski definition) is 1. The molecule has 0 radical (unpaired) electrons. The van der Waals surface area contributed by atoms with Gasteiger partial charge in [0.15, 0.2) is 0 Å². The van der Waals surface area contributed by atoms with Crippen LogP contribution in [0.4, 0.5) is 0 Å². The Morgan fingerprint density at radius 1 is 0.839 bits per heavy atom. The normalized spacial score (nSPS) is 30.5. The summed E-state index contributed by atoms with van der Waals surface area (Å²) in [5, 5.41) is 3.66. The lowest BCUT2D eigenvalue weighted by atomic mass is 9.69. The first-order chi connectivity index (χ1) is 15.3. The molecule has 3 aliphatic carbocycles. The number of carbonyl (C=O) groups excluding carboxylic acids is 1. The van der Waals surface area contributed by atoms with Crippen molar-refractivity contribution < 1.29 is 4.79 Å². The fourth-order valence-corrected chi connectivity index (χ4v) is 7.59. The van der Waals surface area contributed by atoms with Crippen LogP contribution in [0.25, 0.3) is 0 Å². The highest BCUT2D eigenvalue weighted by molar-refractivity contribution is 5.79. The molecule has 0 unspecified atom stereocenters. The summed E-state index contributed by atoms with van der Waals surface area (Å²) in [7, 11) is 0. The molecular weight excluding hydrogens is 380 g/mol. The third-order valence-corrected chi connectivity index (χ3v) is 9.13. The first-order valence-corrected chi connectivity index (χ1v) is 13.3. The van der Waals surface area contributed by atoms with Gasteiger partial charge in [-0.25, -0.2) is 0 Å². The Morgan fingerprint density at radius 3 is 2.13 bits per heavy atom. The molecule has 1 N–H and O–H groups in total. The lowest BCUT2D eigenvalue weighted by Gasteiger charge is -2.37. The van der Waals surface area contributed by atoms with Crippen molar-refractivity contribution in [1.29, 1.82) is 0 Å². The van der Waals surface area contributed by atoms with Crippen LogP contribution >= 0.6 is 0 Å². The summed E-state index contributed by atoms with van der Waals surface area (Å²) in [6, 6.07) is 11.3. The van der Waals surface area contributed by atoms with Gasteiger partial charge in [-0.3, -0.25) is 9.69 Å². The summed E-state index contributed by atoms with van der Waals surface area (Å²) in [5.41, 5.74) is 1.41. The summed E-state index contributed by atoms with van der Waals surface area (Å²) in [4.78, 5) is 16.4. The molecule has 0 aromatic heterocycles. The number of nitrogens with zero attached hydrogens (tertiary/aromatic N) is 1. The maximum Gasteiger partial charge on any atom is 0.223 e. The minimum absolute atomic E-state index is 0.293. The Hall–Kier alpha value is -1.35. The van der Waals surface area contributed by atoms with Gasteiger partial charge >= 0.3 is 0 Å². The molecule has 3 saturated carbocycles. The molecule has 31 heavy (non-hydrogen) atoms. The highest BCUT2D eigenvalue weighted by atomic mass is 16.2. The van der Waals surface area contributed by atoms with Gasteiger partial charge in [-0.1, -0.05) is 68.9 Å². The van der Waals surface area contributed by atoms with Gasteiger partial charge in [0.2, 0.25) is 5.91 Å². The Labute approximate surface area is 189 Å². The van der Waals surface area contributed by atoms with Crippen LogP contribution in [0.15, 0.2) is 30.3 Å². The van der Waals surface area contributed by atoms with E-state index in [0.717, 1.165) is 19.0 Å². The lowest BCUT2D eigenvalue weighted by Crippen LogP contribution is -2.47. The zero-order chi connectivity index (χ0) is 21.0. The number of rotatable bonds is 6. The average molecular weight is 423 g/mol. The molecule has 1 heterocycles. The van der Waals surface area contributed by atoms with Crippen LogP contribution in [0.3, 0.4) is 0 Å². The molecule has 3 nitrogen and oxygen atoms in total. The molecule has 4 fully saturated rings. The van der Waals surface area contributed by atoms with E-state index in [0.29, 0.717) is 35.6 Å². The first kappa shape index (κ1) is 21.5. The number of benzene rings is 1. The maximum absolute atomic E-state index is 13.7. The van der Waals surface area contributed by atoms with Gasteiger partial charge in [-0.05, 0) is 67.8 Å². The van der Waals surface area contributed by atoms with Crippen LogP contribution in [0.2, 0.25) is 0 Å². The number of likely N-dealkylation sites (tertiary alicyclic amines) is 1. The molecule has 0 bridgehead atoms. The number of amides is 1.